The summed E-state index contributed by atoms with van der Waals surface area (Å²) in [5.41, 5.74) is 8.73. The van der Waals surface area contributed by atoms with Crippen molar-refractivity contribution in [3.8, 4) is 11.1 Å². The van der Waals surface area contributed by atoms with Crippen LogP contribution in [0.25, 0.3) is 11.1 Å². The minimum Gasteiger partial charge on any atom is -0.324 e. The summed E-state index contributed by atoms with van der Waals surface area (Å²) >= 11 is 0. The van der Waals surface area contributed by atoms with E-state index in [1.54, 1.807) is 0 Å². The third-order valence-electron chi connectivity index (χ3n) is 3.21. The maximum atomic E-state index is 12.0. The highest BCUT2D eigenvalue weighted by molar-refractivity contribution is 5.98. The zero-order valence-electron chi connectivity index (χ0n) is 11.7. The number of hydrogen-bond acceptors (Lipinski definition) is 2. The fourth-order valence-corrected chi connectivity index (χ4v) is 2.13. The van der Waals surface area contributed by atoms with Crippen molar-refractivity contribution in [1.29, 1.82) is 0 Å². The molecule has 0 aliphatic carbocycles. The highest BCUT2D eigenvalue weighted by Crippen LogP contribution is 2.27. The van der Waals surface area contributed by atoms with Gasteiger partial charge in [0.05, 0.1) is 6.04 Å². The molecule has 0 fully saturated rings. The van der Waals surface area contributed by atoms with Crippen molar-refractivity contribution >= 4 is 11.6 Å². The van der Waals surface area contributed by atoms with Crippen LogP contribution in [-0.4, -0.2) is 11.9 Å². The van der Waals surface area contributed by atoms with E-state index < -0.39 is 6.04 Å². The molecule has 1 amide bonds. The highest BCUT2D eigenvalue weighted by atomic mass is 16.2. The molecule has 0 heterocycles. The number of nitrogens with two attached hydrogens (primary N) is 1. The van der Waals surface area contributed by atoms with Crippen LogP contribution in [0.4, 0.5) is 5.69 Å². The Kier molecular flexibility index (Phi) is 4.91. The van der Waals surface area contributed by atoms with E-state index in [1.165, 1.54) is 0 Å². The first-order valence-electron chi connectivity index (χ1n) is 6.93. The van der Waals surface area contributed by atoms with E-state index in [9.17, 15) is 4.79 Å². The van der Waals surface area contributed by atoms with Gasteiger partial charge in [0, 0.05) is 11.3 Å². The molecule has 0 unspecified atom stereocenters. The predicted molar refractivity (Wildman–Crippen MR) is 83.4 cm³/mol. The summed E-state index contributed by atoms with van der Waals surface area (Å²) in [4.78, 5) is 12.0. The third-order valence-corrected chi connectivity index (χ3v) is 3.21. The molecule has 0 spiro atoms. The fourth-order valence-electron chi connectivity index (χ4n) is 2.13. The number of benzene rings is 2. The van der Waals surface area contributed by atoms with E-state index in [-0.39, 0.29) is 5.91 Å². The second-order valence-electron chi connectivity index (χ2n) is 4.80. The van der Waals surface area contributed by atoms with Crippen LogP contribution < -0.4 is 11.1 Å². The van der Waals surface area contributed by atoms with Gasteiger partial charge in [0.1, 0.15) is 0 Å². The Morgan fingerprint density at radius 2 is 1.75 bits per heavy atom. The van der Waals surface area contributed by atoms with Crippen LogP contribution >= 0.6 is 0 Å². The van der Waals surface area contributed by atoms with Crippen LogP contribution in [0.2, 0.25) is 0 Å². The summed E-state index contributed by atoms with van der Waals surface area (Å²) in [6.45, 7) is 2.02. The lowest BCUT2D eigenvalue weighted by Gasteiger charge is -2.14. The number of anilines is 1. The van der Waals surface area contributed by atoms with Gasteiger partial charge in [0.25, 0.3) is 0 Å². The first-order valence-corrected chi connectivity index (χ1v) is 6.93. The van der Waals surface area contributed by atoms with Gasteiger partial charge in [-0.1, -0.05) is 61.9 Å². The van der Waals surface area contributed by atoms with Crippen LogP contribution in [0.3, 0.4) is 0 Å². The van der Waals surface area contributed by atoms with Crippen molar-refractivity contribution in [2.75, 3.05) is 5.32 Å². The van der Waals surface area contributed by atoms with Gasteiger partial charge >= 0.3 is 0 Å². The molecule has 0 bridgehead atoms. The van der Waals surface area contributed by atoms with Gasteiger partial charge in [-0.05, 0) is 18.1 Å². The molecule has 0 radical (unpaired) electrons. The molecule has 3 heteroatoms. The van der Waals surface area contributed by atoms with E-state index in [2.05, 4.69) is 5.32 Å². The number of nitrogens with one attached hydrogen (secondary N) is 1. The van der Waals surface area contributed by atoms with Crippen LogP contribution in [0.15, 0.2) is 54.6 Å². The van der Waals surface area contributed by atoms with Gasteiger partial charge in [0.15, 0.2) is 0 Å². The SMILES string of the molecule is CCC[C@@H](N)C(=O)Nc1ccccc1-c1ccccc1. The average molecular weight is 268 g/mol. The quantitative estimate of drug-likeness (QED) is 0.873. The van der Waals surface area contributed by atoms with Crippen molar-refractivity contribution < 1.29 is 4.79 Å². The standard InChI is InChI=1S/C17H20N2O/c1-2-8-15(18)17(20)19-16-12-7-6-11-14(16)13-9-4-3-5-10-13/h3-7,9-12,15H,2,8,18H2,1H3,(H,19,20)/t15-/m1/s1. The van der Waals surface area contributed by atoms with Crippen LogP contribution in [0, 0.1) is 0 Å². The second kappa shape index (κ2) is 6.87. The van der Waals surface area contributed by atoms with E-state index in [1.807, 2.05) is 61.5 Å². The van der Waals surface area contributed by atoms with Crippen molar-refractivity contribution in [2.24, 2.45) is 5.73 Å². The van der Waals surface area contributed by atoms with Crippen LogP contribution in [0.5, 0.6) is 0 Å². The molecule has 2 rings (SSSR count). The molecule has 1 atom stereocenters. The maximum Gasteiger partial charge on any atom is 0.241 e. The first-order chi connectivity index (χ1) is 9.72. The largest absolute Gasteiger partial charge is 0.324 e. The smallest absolute Gasteiger partial charge is 0.241 e. The van der Waals surface area contributed by atoms with E-state index in [4.69, 9.17) is 5.73 Å². The lowest BCUT2D eigenvalue weighted by atomic mass is 10.0. The molecular weight excluding hydrogens is 248 g/mol. The number of hydrogen-bond donors (Lipinski definition) is 2. The van der Waals surface area contributed by atoms with Crippen molar-refractivity contribution in [1.82, 2.24) is 0 Å². The molecule has 0 aliphatic heterocycles. The van der Waals surface area contributed by atoms with Gasteiger partial charge in [-0.3, -0.25) is 4.79 Å². The van der Waals surface area contributed by atoms with Gasteiger partial charge in [0.2, 0.25) is 5.91 Å². The zero-order chi connectivity index (χ0) is 14.4. The number of rotatable bonds is 5. The summed E-state index contributed by atoms with van der Waals surface area (Å²) in [6.07, 6.45) is 1.59. The Morgan fingerprint density at radius 1 is 1.10 bits per heavy atom. The minimum absolute atomic E-state index is 0.129. The predicted octanol–water partition coefficient (Wildman–Crippen LogP) is 3.42. The van der Waals surface area contributed by atoms with E-state index in [0.717, 1.165) is 23.2 Å². The molecule has 3 nitrogen and oxygen atoms in total. The van der Waals surface area contributed by atoms with Crippen molar-refractivity contribution in [2.45, 2.75) is 25.8 Å². The summed E-state index contributed by atoms with van der Waals surface area (Å²) in [7, 11) is 0. The van der Waals surface area contributed by atoms with Crippen molar-refractivity contribution in [3.63, 3.8) is 0 Å². The zero-order valence-corrected chi connectivity index (χ0v) is 11.7. The molecular formula is C17H20N2O. The summed E-state index contributed by atoms with van der Waals surface area (Å²) in [6, 6.07) is 17.3. The Balaban J connectivity index is 2.23. The maximum absolute atomic E-state index is 12.0. The molecule has 0 saturated heterocycles. The second-order valence-corrected chi connectivity index (χ2v) is 4.80. The van der Waals surface area contributed by atoms with Crippen LogP contribution in [0.1, 0.15) is 19.8 Å². The normalized spacial score (nSPS) is 11.9. The number of carbonyl (C=O) groups excluding carboxylic acids is 1. The molecule has 3 N–H and O–H groups in total. The lowest BCUT2D eigenvalue weighted by molar-refractivity contribution is -0.117. The van der Waals surface area contributed by atoms with E-state index >= 15 is 0 Å². The molecule has 20 heavy (non-hydrogen) atoms. The molecule has 2 aromatic rings. The van der Waals surface area contributed by atoms with Crippen LogP contribution in [-0.2, 0) is 4.79 Å². The number of para-hydroxylation sites is 1. The summed E-state index contributed by atoms with van der Waals surface area (Å²) in [5, 5.41) is 2.93. The van der Waals surface area contributed by atoms with E-state index in [0.29, 0.717) is 6.42 Å². The Hall–Kier alpha value is -2.13. The molecule has 0 saturated carbocycles. The van der Waals surface area contributed by atoms with Gasteiger partial charge in [-0.25, -0.2) is 0 Å². The fraction of sp³-hybridized carbons (Fsp3) is 0.235. The molecule has 2 aromatic carbocycles. The van der Waals surface area contributed by atoms with Crippen molar-refractivity contribution in [3.05, 3.63) is 54.6 Å². The summed E-state index contributed by atoms with van der Waals surface area (Å²) < 4.78 is 0. The van der Waals surface area contributed by atoms with Gasteiger partial charge in [-0.15, -0.1) is 0 Å². The molecule has 104 valence electrons. The lowest BCUT2D eigenvalue weighted by Crippen LogP contribution is -2.35. The Morgan fingerprint density at radius 3 is 2.45 bits per heavy atom. The minimum atomic E-state index is -0.455. The molecule has 0 aliphatic rings. The Bertz CT molecular complexity index is 566. The number of amides is 1. The average Bonchev–Trinajstić information content (AvgIpc) is 2.49. The highest BCUT2D eigenvalue weighted by Gasteiger charge is 2.14. The third kappa shape index (κ3) is 3.45. The van der Waals surface area contributed by atoms with Gasteiger partial charge < -0.3 is 11.1 Å². The Labute approximate surface area is 119 Å². The topological polar surface area (TPSA) is 55.1 Å². The first kappa shape index (κ1) is 14.3. The monoisotopic (exact) mass is 268 g/mol. The number of carbonyl (C=O) groups is 1. The molecule has 0 aromatic heterocycles. The summed E-state index contributed by atoms with van der Waals surface area (Å²) in [5.74, 6) is -0.129. The van der Waals surface area contributed by atoms with Gasteiger partial charge in [-0.2, -0.15) is 0 Å².